The fourth-order valence-electron chi connectivity index (χ4n) is 5.24. The molecule has 2 atom stereocenters. The van der Waals surface area contributed by atoms with E-state index in [1.165, 1.54) is 62.6 Å². The van der Waals surface area contributed by atoms with Crippen LogP contribution in [0.3, 0.4) is 0 Å². The SMILES string of the molecule is c1nc2c3c(cn(C4CCC(C5CCNCC5)C4)c3n1)CCCN2. The van der Waals surface area contributed by atoms with Crippen LogP contribution in [0.4, 0.5) is 5.82 Å². The summed E-state index contributed by atoms with van der Waals surface area (Å²) in [5, 5.41) is 8.27. The summed E-state index contributed by atoms with van der Waals surface area (Å²) in [5.41, 5.74) is 2.59. The summed E-state index contributed by atoms with van der Waals surface area (Å²) in [5.74, 6) is 2.88. The van der Waals surface area contributed by atoms with E-state index in [4.69, 9.17) is 0 Å². The molecule has 0 spiro atoms. The Hall–Kier alpha value is -1.62. The molecular formula is C19H27N5. The van der Waals surface area contributed by atoms with Gasteiger partial charge in [0.25, 0.3) is 0 Å². The summed E-state index contributed by atoms with van der Waals surface area (Å²) in [6, 6.07) is 0.628. The summed E-state index contributed by atoms with van der Waals surface area (Å²) in [6.07, 6.45) is 13.2. The first-order chi connectivity index (χ1) is 11.9. The number of piperidine rings is 1. The first-order valence-corrected chi connectivity index (χ1v) is 9.69. The van der Waals surface area contributed by atoms with Gasteiger partial charge in [0.1, 0.15) is 17.8 Å². The number of hydrogen-bond acceptors (Lipinski definition) is 4. The lowest BCUT2D eigenvalue weighted by atomic mass is 9.84. The highest BCUT2D eigenvalue weighted by molar-refractivity contribution is 5.91. The molecule has 0 aromatic carbocycles. The summed E-state index contributed by atoms with van der Waals surface area (Å²) in [4.78, 5) is 9.15. The van der Waals surface area contributed by atoms with E-state index in [1.807, 2.05) is 0 Å². The van der Waals surface area contributed by atoms with Crippen LogP contribution < -0.4 is 10.6 Å². The fraction of sp³-hybridized carbons (Fsp3) is 0.684. The standard InChI is InChI=1S/C19H27N5/c1-2-15-11-24(19-17(15)18(21-7-1)22-12-23-19)16-4-3-14(10-16)13-5-8-20-9-6-13/h11-14,16,20H,1-10H2,(H,21,22,23). The Morgan fingerprint density at radius 2 is 1.92 bits per heavy atom. The lowest BCUT2D eigenvalue weighted by Crippen LogP contribution is -2.31. The van der Waals surface area contributed by atoms with E-state index in [2.05, 4.69) is 31.4 Å². The molecule has 3 aliphatic rings. The molecule has 1 saturated heterocycles. The van der Waals surface area contributed by atoms with Crippen LogP contribution >= 0.6 is 0 Å². The van der Waals surface area contributed by atoms with Crippen molar-refractivity contribution >= 4 is 16.9 Å². The first-order valence-electron chi connectivity index (χ1n) is 9.69. The molecule has 1 aliphatic carbocycles. The maximum Gasteiger partial charge on any atom is 0.146 e. The summed E-state index contributed by atoms with van der Waals surface area (Å²) in [7, 11) is 0. The highest BCUT2D eigenvalue weighted by Crippen LogP contribution is 2.43. The van der Waals surface area contributed by atoms with Crippen LogP contribution in [0.15, 0.2) is 12.5 Å². The zero-order valence-corrected chi connectivity index (χ0v) is 14.3. The second-order valence-electron chi connectivity index (χ2n) is 7.83. The molecule has 2 fully saturated rings. The highest BCUT2D eigenvalue weighted by atomic mass is 15.1. The molecule has 5 nitrogen and oxygen atoms in total. The van der Waals surface area contributed by atoms with Crippen molar-refractivity contribution in [1.82, 2.24) is 19.9 Å². The van der Waals surface area contributed by atoms with Crippen molar-refractivity contribution in [1.29, 1.82) is 0 Å². The van der Waals surface area contributed by atoms with Crippen molar-refractivity contribution in [2.45, 2.75) is 51.0 Å². The normalized spacial score (nSPS) is 28.0. The van der Waals surface area contributed by atoms with Gasteiger partial charge in [0.05, 0.1) is 5.39 Å². The lowest BCUT2D eigenvalue weighted by molar-refractivity contribution is 0.257. The van der Waals surface area contributed by atoms with E-state index in [9.17, 15) is 0 Å². The molecule has 2 unspecified atom stereocenters. The van der Waals surface area contributed by atoms with Gasteiger partial charge in [-0.05, 0) is 75.4 Å². The third-order valence-electron chi connectivity index (χ3n) is 6.49. The van der Waals surface area contributed by atoms with Gasteiger partial charge in [0.2, 0.25) is 0 Å². The summed E-state index contributed by atoms with van der Waals surface area (Å²) in [6.45, 7) is 3.44. The van der Waals surface area contributed by atoms with Gasteiger partial charge in [-0.15, -0.1) is 0 Å². The minimum Gasteiger partial charge on any atom is -0.369 e. The lowest BCUT2D eigenvalue weighted by Gasteiger charge is -2.28. The van der Waals surface area contributed by atoms with Gasteiger partial charge in [-0.2, -0.15) is 0 Å². The topological polar surface area (TPSA) is 54.8 Å². The molecule has 0 bridgehead atoms. The van der Waals surface area contributed by atoms with Crippen molar-refractivity contribution in [3.8, 4) is 0 Å². The average Bonchev–Trinajstić information content (AvgIpc) is 3.19. The molecule has 0 amide bonds. The van der Waals surface area contributed by atoms with Crippen LogP contribution in [-0.2, 0) is 6.42 Å². The number of aryl methyl sites for hydroxylation is 1. The zero-order chi connectivity index (χ0) is 15.9. The molecule has 0 radical (unpaired) electrons. The molecule has 24 heavy (non-hydrogen) atoms. The third kappa shape index (κ3) is 2.41. The van der Waals surface area contributed by atoms with Gasteiger partial charge >= 0.3 is 0 Å². The van der Waals surface area contributed by atoms with Crippen molar-refractivity contribution in [2.24, 2.45) is 11.8 Å². The van der Waals surface area contributed by atoms with E-state index in [1.54, 1.807) is 6.33 Å². The molecule has 5 heteroatoms. The molecule has 2 aliphatic heterocycles. The number of nitrogens with one attached hydrogen (secondary N) is 2. The van der Waals surface area contributed by atoms with Crippen LogP contribution in [0.5, 0.6) is 0 Å². The van der Waals surface area contributed by atoms with Crippen LogP contribution in [0, 0.1) is 11.8 Å². The molecular weight excluding hydrogens is 298 g/mol. The molecule has 128 valence electrons. The second-order valence-corrected chi connectivity index (χ2v) is 7.83. The van der Waals surface area contributed by atoms with E-state index < -0.39 is 0 Å². The van der Waals surface area contributed by atoms with Gasteiger partial charge in [0.15, 0.2) is 0 Å². The van der Waals surface area contributed by atoms with E-state index in [0.29, 0.717) is 6.04 Å². The maximum atomic E-state index is 4.67. The minimum absolute atomic E-state index is 0.628. The first kappa shape index (κ1) is 14.7. The molecule has 2 aromatic rings. The maximum absolute atomic E-state index is 4.67. The average molecular weight is 325 g/mol. The van der Waals surface area contributed by atoms with Crippen molar-refractivity contribution in [2.75, 3.05) is 25.0 Å². The molecule has 1 saturated carbocycles. The van der Waals surface area contributed by atoms with Gasteiger partial charge in [-0.3, -0.25) is 0 Å². The number of nitrogens with zero attached hydrogens (tertiary/aromatic N) is 3. The monoisotopic (exact) mass is 325 g/mol. The number of hydrogen-bond donors (Lipinski definition) is 2. The van der Waals surface area contributed by atoms with Crippen LogP contribution in [-0.4, -0.2) is 34.2 Å². The molecule has 2 N–H and O–H groups in total. The van der Waals surface area contributed by atoms with Gasteiger partial charge in [-0.25, -0.2) is 9.97 Å². The highest BCUT2D eigenvalue weighted by Gasteiger charge is 2.33. The predicted molar refractivity (Wildman–Crippen MR) is 96.3 cm³/mol. The number of rotatable bonds is 2. The van der Waals surface area contributed by atoms with E-state index in [-0.39, 0.29) is 0 Å². The molecule has 4 heterocycles. The van der Waals surface area contributed by atoms with Crippen molar-refractivity contribution in [3.63, 3.8) is 0 Å². The van der Waals surface area contributed by atoms with Crippen molar-refractivity contribution in [3.05, 3.63) is 18.1 Å². The van der Waals surface area contributed by atoms with Crippen LogP contribution in [0.25, 0.3) is 11.0 Å². The Morgan fingerprint density at radius 1 is 1.00 bits per heavy atom. The molecule has 2 aromatic heterocycles. The largest absolute Gasteiger partial charge is 0.369 e. The Kier molecular flexibility index (Phi) is 3.69. The van der Waals surface area contributed by atoms with Gasteiger partial charge in [-0.1, -0.05) is 0 Å². The Bertz CT molecular complexity index is 731. The van der Waals surface area contributed by atoms with E-state index >= 15 is 0 Å². The molecule has 5 rings (SSSR count). The predicted octanol–water partition coefficient (Wildman–Crippen LogP) is 3.13. The van der Waals surface area contributed by atoms with E-state index in [0.717, 1.165) is 36.3 Å². The Morgan fingerprint density at radius 3 is 2.83 bits per heavy atom. The summed E-state index contributed by atoms with van der Waals surface area (Å²) >= 11 is 0. The number of aromatic nitrogens is 3. The van der Waals surface area contributed by atoms with Crippen LogP contribution in [0.1, 0.15) is 50.1 Å². The Labute approximate surface area is 143 Å². The fourth-order valence-corrected chi connectivity index (χ4v) is 5.24. The van der Waals surface area contributed by atoms with Crippen molar-refractivity contribution < 1.29 is 0 Å². The summed E-state index contributed by atoms with van der Waals surface area (Å²) < 4.78 is 2.49. The zero-order valence-electron chi connectivity index (χ0n) is 14.3. The van der Waals surface area contributed by atoms with Gasteiger partial charge < -0.3 is 15.2 Å². The Balaban J connectivity index is 1.45. The number of anilines is 1. The smallest absolute Gasteiger partial charge is 0.146 e. The quantitative estimate of drug-likeness (QED) is 0.891. The van der Waals surface area contributed by atoms with Gasteiger partial charge in [0, 0.05) is 18.8 Å². The second kappa shape index (κ2) is 6.03. The van der Waals surface area contributed by atoms with Crippen LogP contribution in [0.2, 0.25) is 0 Å². The minimum atomic E-state index is 0.628. The third-order valence-corrected chi connectivity index (χ3v) is 6.49.